The van der Waals surface area contributed by atoms with E-state index in [0.29, 0.717) is 0 Å². The van der Waals surface area contributed by atoms with E-state index in [1.54, 1.807) is 6.92 Å². The fraction of sp³-hybridized carbons (Fsp3) is 0.300. The van der Waals surface area contributed by atoms with Crippen molar-refractivity contribution in [1.82, 2.24) is 9.97 Å². The average molecular weight is 303 g/mol. The van der Waals surface area contributed by atoms with Crippen molar-refractivity contribution in [3.8, 4) is 0 Å². The number of aromatic nitrogens is 2. The summed E-state index contributed by atoms with van der Waals surface area (Å²) in [5.41, 5.74) is 4.31. The van der Waals surface area contributed by atoms with Gasteiger partial charge in [0, 0.05) is 0 Å². The van der Waals surface area contributed by atoms with Gasteiger partial charge in [0.05, 0.1) is 13.7 Å². The number of hydrogen-bond donors (Lipinski definition) is 2. The third-order valence-corrected chi connectivity index (χ3v) is 2.32. The number of nitrogens with two attached hydrogens (primary N) is 1. The lowest BCUT2D eigenvalue weighted by molar-refractivity contribution is -0.135. The fourth-order valence-electron chi connectivity index (χ4n) is 1.21. The van der Waals surface area contributed by atoms with E-state index >= 15 is 0 Å². The first-order valence-electron chi connectivity index (χ1n) is 5.27. The molecule has 0 aliphatic carbocycles. The first kappa shape index (κ1) is 15.6. The Balaban J connectivity index is 3.30. The normalized spacial score (nSPS) is 11.1. The van der Waals surface area contributed by atoms with Crippen LogP contribution in [0, 0.1) is 0 Å². The second-order valence-corrected chi connectivity index (χ2v) is 3.62. The van der Waals surface area contributed by atoms with Crippen LogP contribution in [-0.2, 0) is 14.3 Å². The molecule has 0 unspecified atom stereocenters. The van der Waals surface area contributed by atoms with E-state index in [1.807, 2.05) is 0 Å². The predicted octanol–water partition coefficient (Wildman–Crippen LogP) is 0.240. The lowest BCUT2D eigenvalue weighted by Gasteiger charge is -2.08. The number of ether oxygens (including phenoxy) is 2. The number of carbonyl (C=O) groups excluding carboxylic acids is 2. The summed E-state index contributed by atoms with van der Waals surface area (Å²) < 4.78 is 9.09. The van der Waals surface area contributed by atoms with Gasteiger partial charge in [-0.25, -0.2) is 19.6 Å². The lowest BCUT2D eigenvalue weighted by Crippen LogP contribution is -2.23. The molecule has 0 saturated carbocycles. The minimum Gasteiger partial charge on any atom is -0.464 e. The predicted molar refractivity (Wildman–Crippen MR) is 67.8 cm³/mol. The van der Waals surface area contributed by atoms with Gasteiger partial charge in [0.25, 0.3) is 0 Å². The highest BCUT2D eigenvalue weighted by molar-refractivity contribution is 6.46. The lowest BCUT2D eigenvalue weighted by atomic mass is 10.2. The minimum absolute atomic E-state index is 0.0542. The number of halogens is 1. The molecule has 0 spiro atoms. The molecule has 3 N–H and O–H groups in total. The number of nitrogens with zero attached hydrogens (tertiary/aromatic N) is 3. The van der Waals surface area contributed by atoms with Crippen LogP contribution >= 0.6 is 11.6 Å². The SMILES string of the molecule is CCOC(=O)/C(=N\O)c1nc(N)c(C(=O)OC)nc1Cl. The Morgan fingerprint density at radius 3 is 2.55 bits per heavy atom. The van der Waals surface area contributed by atoms with Gasteiger partial charge in [0.2, 0.25) is 5.71 Å². The van der Waals surface area contributed by atoms with Crippen molar-refractivity contribution in [3.63, 3.8) is 0 Å². The summed E-state index contributed by atoms with van der Waals surface area (Å²) in [5, 5.41) is 11.2. The summed E-state index contributed by atoms with van der Waals surface area (Å²) in [4.78, 5) is 30.2. The largest absolute Gasteiger partial charge is 0.464 e. The van der Waals surface area contributed by atoms with Gasteiger partial charge in [0.15, 0.2) is 16.7 Å². The van der Waals surface area contributed by atoms with Crippen molar-refractivity contribution in [2.24, 2.45) is 5.16 Å². The van der Waals surface area contributed by atoms with Crippen molar-refractivity contribution in [3.05, 3.63) is 16.5 Å². The smallest absolute Gasteiger partial charge is 0.362 e. The molecule has 0 aliphatic rings. The van der Waals surface area contributed by atoms with Gasteiger partial charge >= 0.3 is 11.9 Å². The summed E-state index contributed by atoms with van der Waals surface area (Å²) >= 11 is 5.78. The van der Waals surface area contributed by atoms with E-state index in [4.69, 9.17) is 22.5 Å². The third-order valence-electron chi connectivity index (χ3n) is 2.05. The van der Waals surface area contributed by atoms with Crippen LogP contribution in [0.4, 0.5) is 5.82 Å². The summed E-state index contributed by atoms with van der Waals surface area (Å²) in [7, 11) is 1.13. The van der Waals surface area contributed by atoms with Gasteiger partial charge in [-0.2, -0.15) is 0 Å². The zero-order valence-corrected chi connectivity index (χ0v) is 11.3. The first-order chi connectivity index (χ1) is 9.46. The van der Waals surface area contributed by atoms with Crippen LogP contribution in [0.25, 0.3) is 0 Å². The second-order valence-electron chi connectivity index (χ2n) is 3.26. The van der Waals surface area contributed by atoms with Crippen molar-refractivity contribution >= 4 is 35.1 Å². The molecule has 1 aromatic rings. The topological polar surface area (TPSA) is 137 Å². The van der Waals surface area contributed by atoms with Crippen LogP contribution in [0.15, 0.2) is 5.16 Å². The Bertz CT molecular complexity index is 575. The molecule has 0 aromatic carbocycles. The zero-order valence-electron chi connectivity index (χ0n) is 10.6. The Morgan fingerprint density at radius 2 is 2.05 bits per heavy atom. The third kappa shape index (κ3) is 3.12. The summed E-state index contributed by atoms with van der Waals surface area (Å²) in [5.74, 6) is -2.14. The second kappa shape index (κ2) is 6.66. The maximum Gasteiger partial charge on any atom is 0.362 e. The van der Waals surface area contributed by atoms with E-state index in [0.717, 1.165) is 7.11 Å². The number of nitrogen functional groups attached to an aromatic ring is 1. The monoisotopic (exact) mass is 302 g/mol. The number of oxime groups is 1. The first-order valence-corrected chi connectivity index (χ1v) is 5.64. The molecular weight excluding hydrogens is 292 g/mol. The highest BCUT2D eigenvalue weighted by Gasteiger charge is 2.25. The van der Waals surface area contributed by atoms with E-state index < -0.39 is 17.7 Å². The van der Waals surface area contributed by atoms with Gasteiger partial charge in [-0.1, -0.05) is 16.8 Å². The maximum absolute atomic E-state index is 11.5. The van der Waals surface area contributed by atoms with E-state index in [2.05, 4.69) is 24.6 Å². The van der Waals surface area contributed by atoms with Gasteiger partial charge in [-0.05, 0) is 6.92 Å². The van der Waals surface area contributed by atoms with Crippen molar-refractivity contribution in [2.45, 2.75) is 6.92 Å². The fourth-order valence-corrected chi connectivity index (χ4v) is 1.43. The van der Waals surface area contributed by atoms with Crippen LogP contribution < -0.4 is 5.73 Å². The number of anilines is 1. The molecule has 9 nitrogen and oxygen atoms in total. The van der Waals surface area contributed by atoms with Crippen molar-refractivity contribution in [2.75, 3.05) is 19.5 Å². The average Bonchev–Trinajstić information content (AvgIpc) is 2.42. The van der Waals surface area contributed by atoms with E-state index in [9.17, 15) is 9.59 Å². The quantitative estimate of drug-likeness (QED) is 0.349. The number of esters is 2. The Kier molecular flexibility index (Phi) is 5.21. The molecule has 20 heavy (non-hydrogen) atoms. The Hall–Kier alpha value is -2.42. The van der Waals surface area contributed by atoms with Crippen molar-refractivity contribution < 1.29 is 24.3 Å². The standard InChI is InChI=1S/C10H11ClN4O5/c1-3-20-10(17)5(15-18)4-7(11)13-6(8(12)14-4)9(16)19-2/h18H,3H2,1-2H3,(H2,12,14)/b15-5-. The molecule has 10 heteroatoms. The molecule has 108 valence electrons. The zero-order chi connectivity index (χ0) is 15.3. The summed E-state index contributed by atoms with van der Waals surface area (Å²) in [6.45, 7) is 1.62. The minimum atomic E-state index is -0.962. The van der Waals surface area contributed by atoms with Crippen LogP contribution in [0.2, 0.25) is 5.15 Å². The Labute approximate surface area is 118 Å². The van der Waals surface area contributed by atoms with Crippen LogP contribution in [0.3, 0.4) is 0 Å². The molecule has 1 heterocycles. The molecule has 0 bridgehead atoms. The molecule has 1 aromatic heterocycles. The molecule has 0 fully saturated rings. The van der Waals surface area contributed by atoms with Crippen LogP contribution in [0.5, 0.6) is 0 Å². The van der Waals surface area contributed by atoms with Crippen molar-refractivity contribution in [1.29, 1.82) is 0 Å². The van der Waals surface area contributed by atoms with Crippen LogP contribution in [0.1, 0.15) is 23.1 Å². The molecule has 0 saturated heterocycles. The highest BCUT2D eigenvalue weighted by Crippen LogP contribution is 2.18. The molecule has 0 aliphatic heterocycles. The number of methoxy groups -OCH3 is 1. The van der Waals surface area contributed by atoms with Crippen LogP contribution in [-0.4, -0.2) is 46.5 Å². The van der Waals surface area contributed by atoms with Gasteiger partial charge in [-0.3, -0.25) is 0 Å². The number of hydrogen-bond acceptors (Lipinski definition) is 9. The van der Waals surface area contributed by atoms with Gasteiger partial charge in [-0.15, -0.1) is 0 Å². The number of rotatable bonds is 4. The molecule has 0 amide bonds. The molecule has 0 radical (unpaired) electrons. The Morgan fingerprint density at radius 1 is 1.40 bits per heavy atom. The number of carbonyl (C=O) groups is 2. The van der Waals surface area contributed by atoms with E-state index in [1.165, 1.54) is 0 Å². The summed E-state index contributed by atoms with van der Waals surface area (Å²) in [6, 6.07) is 0. The molecular formula is C10H11ClN4O5. The maximum atomic E-state index is 11.5. The highest BCUT2D eigenvalue weighted by atomic mass is 35.5. The van der Waals surface area contributed by atoms with Gasteiger partial charge in [0.1, 0.15) is 5.69 Å². The molecule has 0 atom stereocenters. The molecule has 1 rings (SSSR count). The van der Waals surface area contributed by atoms with E-state index in [-0.39, 0.29) is 29.0 Å². The van der Waals surface area contributed by atoms with Gasteiger partial charge < -0.3 is 20.4 Å². The summed E-state index contributed by atoms with van der Waals surface area (Å²) in [6.07, 6.45) is 0.